The molecule has 2 unspecified atom stereocenters. The molecule has 0 bridgehead atoms. The van der Waals surface area contributed by atoms with Crippen LogP contribution in [0.15, 0.2) is 88.2 Å². The molecule has 402 valence electrons. The lowest BCUT2D eigenvalue weighted by Crippen LogP contribution is -2.41. The van der Waals surface area contributed by atoms with E-state index < -0.39 is 14.0 Å². The van der Waals surface area contributed by atoms with Gasteiger partial charge in [0.05, 0.1) is 64.5 Å². The van der Waals surface area contributed by atoms with Gasteiger partial charge in [0.1, 0.15) is 6.61 Å². The zero-order valence-electron chi connectivity index (χ0n) is 44.1. The molecule has 6 aliphatic rings. The van der Waals surface area contributed by atoms with Gasteiger partial charge in [-0.25, -0.2) is 0 Å². The number of H-pyrrole nitrogens is 3. The van der Waals surface area contributed by atoms with E-state index in [0.29, 0.717) is 31.5 Å². The smallest absolute Gasteiger partial charge is 0.405 e. The number of rotatable bonds is 4. The van der Waals surface area contributed by atoms with Crippen LogP contribution in [0.4, 0.5) is 0 Å². The first-order chi connectivity index (χ1) is 33.9. The minimum atomic E-state index is -0.476. The van der Waals surface area contributed by atoms with Crippen LogP contribution in [0, 0.1) is 0 Å². The first-order valence-electron chi connectivity index (χ1n) is 25.3. The lowest BCUT2D eigenvalue weighted by molar-refractivity contribution is -0.117. The van der Waals surface area contributed by atoms with Crippen LogP contribution >= 0.6 is 31.9 Å². The minimum absolute atomic E-state index is 0. The van der Waals surface area contributed by atoms with Gasteiger partial charge < -0.3 is 57.1 Å². The maximum Gasteiger partial charge on any atom is 0.497 e. The fourth-order valence-corrected chi connectivity index (χ4v) is 10.2. The Kier molecular flexibility index (Phi) is 19.3. The topological polar surface area (TPSA) is 148 Å². The van der Waals surface area contributed by atoms with Crippen molar-refractivity contribution in [1.29, 1.82) is 0 Å². The van der Waals surface area contributed by atoms with Gasteiger partial charge in [-0.2, -0.15) is 0 Å². The first-order valence-corrected chi connectivity index (χ1v) is 26.9. The predicted octanol–water partition coefficient (Wildman–Crippen LogP) is 12.8. The normalized spacial score (nSPS) is 23.5. The first kappa shape index (κ1) is 60.0. The largest absolute Gasteiger partial charge is 0.497 e. The summed E-state index contributed by atoms with van der Waals surface area (Å²) in [5.74, 6) is 1.28. The summed E-state index contributed by atoms with van der Waals surface area (Å²) in [5, 5.41) is 3.82. The van der Waals surface area contributed by atoms with E-state index in [1.807, 2.05) is 73.7 Å². The lowest BCUT2D eigenvalue weighted by atomic mass is 9.49. The number of fused-ring (bicyclic) bond motifs is 3. The van der Waals surface area contributed by atoms with Crippen molar-refractivity contribution in [3.05, 3.63) is 99.3 Å². The Balaban J connectivity index is 0.000000158. The van der Waals surface area contributed by atoms with E-state index in [1.54, 1.807) is 0 Å². The number of carbonyl (C=O) groups is 1. The molecule has 3 aromatic heterocycles. The third-order valence-electron chi connectivity index (χ3n) is 15.8. The molecule has 0 saturated carbocycles. The molecule has 3 N–H and O–H groups in total. The Morgan fingerprint density at radius 1 is 0.514 bits per heavy atom. The number of ether oxygens (including phenoxy) is 3. The fraction of sp³-hybridized carbons (Fsp3) is 0.554. The Bertz CT molecular complexity index is 2720. The van der Waals surface area contributed by atoms with Crippen molar-refractivity contribution in [2.75, 3.05) is 39.6 Å². The van der Waals surface area contributed by atoms with Crippen molar-refractivity contribution < 1.29 is 46.9 Å². The highest BCUT2D eigenvalue weighted by Crippen LogP contribution is 2.43. The van der Waals surface area contributed by atoms with Gasteiger partial charge in [0.25, 0.3) is 0 Å². The van der Waals surface area contributed by atoms with E-state index in [1.165, 1.54) is 38.3 Å². The molecule has 6 saturated heterocycles. The molecule has 3 aromatic carbocycles. The number of benzene rings is 3. The molecule has 0 amide bonds. The number of para-hydroxylation sites is 3. The zero-order chi connectivity index (χ0) is 51.9. The monoisotopic (exact) mass is 1150 g/mol. The molecule has 9 heterocycles. The lowest BCUT2D eigenvalue weighted by Gasteiger charge is -2.32. The molecule has 74 heavy (non-hydrogen) atoms. The molecule has 6 aromatic rings. The average Bonchev–Trinajstić information content (AvgIpc) is 4.16. The molecule has 0 spiro atoms. The second-order valence-electron chi connectivity index (χ2n) is 22.4. The summed E-state index contributed by atoms with van der Waals surface area (Å²) >= 11 is 7.00. The molecule has 0 aliphatic carbocycles. The molecule has 6 fully saturated rings. The zero-order valence-corrected chi connectivity index (χ0v) is 47.3. The van der Waals surface area contributed by atoms with Crippen LogP contribution in [0.3, 0.4) is 0 Å². The van der Waals surface area contributed by atoms with Gasteiger partial charge in [-0.15, -0.1) is 0 Å². The van der Waals surface area contributed by atoms with Crippen molar-refractivity contribution in [1.82, 2.24) is 15.0 Å². The molecular weight excluding hydrogens is 1070 g/mol. The maximum atomic E-state index is 10.1. The molecule has 18 heteroatoms. The molecular formula is C56H80B3Br2N3O10. The van der Waals surface area contributed by atoms with Crippen LogP contribution < -0.4 is 5.46 Å². The van der Waals surface area contributed by atoms with Gasteiger partial charge in [-0.05, 0) is 157 Å². The Morgan fingerprint density at radius 2 is 0.959 bits per heavy atom. The van der Waals surface area contributed by atoms with Crippen LogP contribution in [0.25, 0.3) is 32.7 Å². The summed E-state index contributed by atoms with van der Waals surface area (Å²) in [6.07, 6.45) is 9.04. The fourth-order valence-electron chi connectivity index (χ4n) is 9.23. The van der Waals surface area contributed by atoms with Gasteiger partial charge in [-0.1, -0.05) is 57.3 Å². The molecule has 2 atom stereocenters. The van der Waals surface area contributed by atoms with E-state index in [-0.39, 0.29) is 61.4 Å². The second kappa shape index (κ2) is 23.8. The average molecular weight is 1150 g/mol. The number of ketones is 1. The van der Waals surface area contributed by atoms with Crippen molar-refractivity contribution in [3.8, 4) is 0 Å². The van der Waals surface area contributed by atoms with Gasteiger partial charge in [0.15, 0.2) is 5.78 Å². The van der Waals surface area contributed by atoms with Crippen LogP contribution in [0.5, 0.6) is 0 Å². The number of aromatic nitrogens is 3. The number of aromatic amines is 3. The van der Waals surface area contributed by atoms with Crippen LogP contribution in [-0.4, -0.2) is 115 Å². The molecule has 0 radical (unpaired) electrons. The van der Waals surface area contributed by atoms with Gasteiger partial charge in [-0.3, -0.25) is 4.79 Å². The summed E-state index contributed by atoms with van der Waals surface area (Å²) < 4.78 is 54.2. The summed E-state index contributed by atoms with van der Waals surface area (Å²) in [5.41, 5.74) is 5.20. The predicted molar refractivity (Wildman–Crippen MR) is 308 cm³/mol. The summed E-state index contributed by atoms with van der Waals surface area (Å²) in [6, 6.07) is 20.9. The number of hydrogen-bond donors (Lipinski definition) is 3. The SMILES string of the molecule is Brc1cccc2c(C3CCOC3)c[nH]c12.Brc1cccc2cc[nH]c12.C.C.CC1(C)OB(B2OC(C)(C)C(C)(C)O2)OC1(C)C.CC1(C)OB(c2cccc3c(C4CCOC4)c[nH]c23)OC1(C)C.O=C1CCOC1. The van der Waals surface area contributed by atoms with E-state index in [0.717, 1.165) is 59.2 Å². The highest BCUT2D eigenvalue weighted by Gasteiger charge is 2.63. The van der Waals surface area contributed by atoms with Crippen LogP contribution in [-0.2, 0) is 46.9 Å². The Hall–Kier alpha value is -3.26. The number of nitrogens with one attached hydrogen (secondary N) is 3. The van der Waals surface area contributed by atoms with Gasteiger partial charge >= 0.3 is 21.1 Å². The minimum Gasteiger partial charge on any atom is -0.405 e. The standard InChI is InChI=1S/C18H24BNO3.C12H24B2O4.C12H12BrNO.C8H6BrN.C4H6O2.2CH4/c1-17(2)18(3,4)23-19(22-17)15-7-5-6-13-14(10-20-16(13)15)12-8-9-21-11-12;1-9(2)10(3,4)16-13(15-9)14-17-11(5,6)12(7,8)18-14;13-11-3-1-2-9-10(6-14-12(9)11)8-4-5-15-7-8;9-7-3-1-2-6-4-5-10-8(6)7;5-4-1-2-6-3-4;;/h5-7,10,12,20H,8-9,11H2,1-4H3;1-8H3;1-3,6,8,14H,4-5,7H2;1-5,10H;1-3H2;2*1H4. The molecule has 6 aliphatic heterocycles. The number of halogens is 2. The van der Waals surface area contributed by atoms with Crippen molar-refractivity contribution in [2.24, 2.45) is 0 Å². The molecule has 12 rings (SSSR count). The summed E-state index contributed by atoms with van der Waals surface area (Å²) in [7, 11) is -1.29. The third kappa shape index (κ3) is 12.8. The van der Waals surface area contributed by atoms with Crippen molar-refractivity contribution in [2.45, 2.75) is 163 Å². The number of hydrogen-bond acceptors (Lipinski definition) is 10. The Labute approximate surface area is 457 Å². The van der Waals surface area contributed by atoms with Crippen molar-refractivity contribution in [3.63, 3.8) is 0 Å². The third-order valence-corrected chi connectivity index (χ3v) is 17.1. The van der Waals surface area contributed by atoms with Gasteiger partial charge in [0, 0.05) is 86.1 Å². The highest BCUT2D eigenvalue weighted by molar-refractivity contribution is 9.11. The summed E-state index contributed by atoms with van der Waals surface area (Å²) in [4.78, 5) is 20.0. The number of Topliss-reactive ketones (excluding diaryl/α,β-unsaturated/α-hetero) is 1. The second-order valence-corrected chi connectivity index (χ2v) is 24.1. The van der Waals surface area contributed by atoms with E-state index >= 15 is 0 Å². The van der Waals surface area contributed by atoms with E-state index in [9.17, 15) is 4.79 Å². The summed E-state index contributed by atoms with van der Waals surface area (Å²) in [6.45, 7) is 29.0. The number of carbonyl (C=O) groups excluding carboxylic acids is 1. The van der Waals surface area contributed by atoms with E-state index in [4.69, 9.17) is 42.1 Å². The Morgan fingerprint density at radius 3 is 1.39 bits per heavy atom. The van der Waals surface area contributed by atoms with Crippen LogP contribution in [0.2, 0.25) is 0 Å². The van der Waals surface area contributed by atoms with E-state index in [2.05, 4.69) is 135 Å². The van der Waals surface area contributed by atoms with Crippen molar-refractivity contribution >= 4 is 97.0 Å². The molecule has 13 nitrogen and oxygen atoms in total. The van der Waals surface area contributed by atoms with Gasteiger partial charge in [0.2, 0.25) is 0 Å². The maximum absolute atomic E-state index is 10.1. The van der Waals surface area contributed by atoms with Crippen LogP contribution in [0.1, 0.15) is 140 Å². The quantitative estimate of drug-likeness (QED) is 0.146. The highest BCUT2D eigenvalue weighted by atomic mass is 79.9.